The minimum absolute atomic E-state index is 0.0800. The molecule has 3 aromatic rings. The predicted octanol–water partition coefficient (Wildman–Crippen LogP) is 3.91. The maximum atomic E-state index is 12.5. The number of carbonyl (C=O) groups excluding carboxylic acids is 3. The molecule has 0 saturated carbocycles. The van der Waals surface area contributed by atoms with Gasteiger partial charge in [0.2, 0.25) is 5.91 Å². The summed E-state index contributed by atoms with van der Waals surface area (Å²) in [4.78, 5) is 37.4. The summed E-state index contributed by atoms with van der Waals surface area (Å²) in [5.74, 6) is -0.468. The van der Waals surface area contributed by atoms with Crippen molar-refractivity contribution >= 4 is 57.1 Å². The van der Waals surface area contributed by atoms with E-state index in [4.69, 9.17) is 0 Å². The summed E-state index contributed by atoms with van der Waals surface area (Å²) in [5.41, 5.74) is 2.91. The SMILES string of the molecule is CCc1cccc2c(/C=C3\SC(=O)NC3=O)cn(CC(=O)NCc3cccs3)c12. The molecule has 0 unspecified atom stereocenters. The van der Waals surface area contributed by atoms with Gasteiger partial charge < -0.3 is 9.88 Å². The molecule has 1 fully saturated rings. The summed E-state index contributed by atoms with van der Waals surface area (Å²) in [6.07, 6.45) is 4.41. The van der Waals surface area contributed by atoms with Crippen LogP contribution in [-0.2, 0) is 29.1 Å². The number of fused-ring (bicyclic) bond motifs is 1. The Morgan fingerprint density at radius 2 is 2.10 bits per heavy atom. The Labute approximate surface area is 176 Å². The van der Waals surface area contributed by atoms with Gasteiger partial charge in [0.1, 0.15) is 6.54 Å². The lowest BCUT2D eigenvalue weighted by molar-refractivity contribution is -0.121. The molecule has 2 N–H and O–H groups in total. The number of hydrogen-bond donors (Lipinski definition) is 2. The standard InChI is InChI=1S/C21H19N3O3S2/c1-2-13-5-3-7-16-14(9-17-20(26)23-21(27)29-17)11-24(19(13)16)12-18(25)22-10-15-6-4-8-28-15/h3-9,11H,2,10,12H2,1H3,(H,22,25)(H,23,26,27)/b17-9-. The van der Waals surface area contributed by atoms with Gasteiger partial charge in [-0.2, -0.15) is 0 Å². The first-order valence-electron chi connectivity index (χ1n) is 9.20. The number of carbonyl (C=O) groups is 3. The molecule has 4 rings (SSSR count). The molecule has 0 aliphatic carbocycles. The first-order valence-corrected chi connectivity index (χ1v) is 10.9. The van der Waals surface area contributed by atoms with Gasteiger partial charge in [-0.15, -0.1) is 11.3 Å². The van der Waals surface area contributed by atoms with Crippen molar-refractivity contribution in [2.45, 2.75) is 26.4 Å². The summed E-state index contributed by atoms with van der Waals surface area (Å²) in [6, 6.07) is 9.93. The highest BCUT2D eigenvalue weighted by molar-refractivity contribution is 8.18. The monoisotopic (exact) mass is 425 g/mol. The van der Waals surface area contributed by atoms with Crippen molar-refractivity contribution in [3.05, 3.63) is 62.8 Å². The second kappa shape index (κ2) is 8.26. The first kappa shape index (κ1) is 19.5. The van der Waals surface area contributed by atoms with Crippen molar-refractivity contribution in [3.63, 3.8) is 0 Å². The van der Waals surface area contributed by atoms with Crippen LogP contribution in [0.25, 0.3) is 17.0 Å². The van der Waals surface area contributed by atoms with Crippen LogP contribution in [0.1, 0.15) is 22.9 Å². The number of benzene rings is 1. The molecule has 0 atom stereocenters. The number of para-hydroxylation sites is 1. The zero-order valence-corrected chi connectivity index (χ0v) is 17.4. The summed E-state index contributed by atoms with van der Waals surface area (Å²) in [5, 5.41) is 7.80. The van der Waals surface area contributed by atoms with Crippen LogP contribution in [0.2, 0.25) is 0 Å². The van der Waals surface area contributed by atoms with Crippen molar-refractivity contribution in [3.8, 4) is 0 Å². The highest BCUT2D eigenvalue weighted by Gasteiger charge is 2.25. The van der Waals surface area contributed by atoms with Gasteiger partial charge in [0, 0.05) is 22.0 Å². The molecular formula is C21H19N3O3S2. The van der Waals surface area contributed by atoms with E-state index in [9.17, 15) is 14.4 Å². The molecule has 0 bridgehead atoms. The summed E-state index contributed by atoms with van der Waals surface area (Å²) in [7, 11) is 0. The molecule has 1 aromatic carbocycles. The van der Waals surface area contributed by atoms with E-state index in [0.29, 0.717) is 11.4 Å². The van der Waals surface area contributed by atoms with Crippen LogP contribution in [0.4, 0.5) is 4.79 Å². The smallest absolute Gasteiger partial charge is 0.290 e. The number of rotatable bonds is 6. The number of thiophene rings is 1. The third-order valence-corrected chi connectivity index (χ3v) is 6.36. The minimum atomic E-state index is -0.388. The van der Waals surface area contributed by atoms with Crippen molar-refractivity contribution in [2.75, 3.05) is 0 Å². The number of amides is 3. The van der Waals surface area contributed by atoms with Gasteiger partial charge in [-0.3, -0.25) is 19.7 Å². The van der Waals surface area contributed by atoms with Crippen LogP contribution >= 0.6 is 23.1 Å². The average Bonchev–Trinajstić information content (AvgIpc) is 3.41. The summed E-state index contributed by atoms with van der Waals surface area (Å²) >= 11 is 2.50. The number of thioether (sulfide) groups is 1. The summed E-state index contributed by atoms with van der Waals surface area (Å²) < 4.78 is 1.92. The zero-order valence-electron chi connectivity index (χ0n) is 15.7. The van der Waals surface area contributed by atoms with Crippen LogP contribution < -0.4 is 10.6 Å². The molecule has 0 spiro atoms. The van der Waals surface area contributed by atoms with E-state index in [1.54, 1.807) is 17.4 Å². The molecule has 6 nitrogen and oxygen atoms in total. The van der Waals surface area contributed by atoms with Crippen LogP contribution in [0.3, 0.4) is 0 Å². The van der Waals surface area contributed by atoms with Gasteiger partial charge in [-0.1, -0.05) is 31.2 Å². The van der Waals surface area contributed by atoms with E-state index in [-0.39, 0.29) is 23.6 Å². The maximum absolute atomic E-state index is 12.5. The van der Waals surface area contributed by atoms with Crippen molar-refractivity contribution in [1.82, 2.24) is 15.2 Å². The van der Waals surface area contributed by atoms with E-state index in [1.807, 2.05) is 46.5 Å². The second-order valence-corrected chi connectivity index (χ2v) is 8.63. The van der Waals surface area contributed by atoms with Gasteiger partial charge in [0.15, 0.2) is 0 Å². The molecule has 29 heavy (non-hydrogen) atoms. The lowest BCUT2D eigenvalue weighted by Crippen LogP contribution is -2.26. The Kier molecular flexibility index (Phi) is 5.55. The lowest BCUT2D eigenvalue weighted by Gasteiger charge is -2.09. The molecular weight excluding hydrogens is 406 g/mol. The molecule has 148 valence electrons. The Balaban J connectivity index is 1.66. The molecule has 2 aromatic heterocycles. The van der Waals surface area contributed by atoms with Gasteiger partial charge in [-0.25, -0.2) is 0 Å². The zero-order chi connectivity index (χ0) is 20.4. The van der Waals surface area contributed by atoms with E-state index in [2.05, 4.69) is 17.6 Å². The van der Waals surface area contributed by atoms with Crippen LogP contribution in [0, 0.1) is 0 Å². The van der Waals surface area contributed by atoms with E-state index in [0.717, 1.165) is 45.1 Å². The predicted molar refractivity (Wildman–Crippen MR) is 117 cm³/mol. The third kappa shape index (κ3) is 4.13. The minimum Gasteiger partial charge on any atom is -0.350 e. The normalized spacial score (nSPS) is 15.3. The molecule has 1 saturated heterocycles. The number of aromatic nitrogens is 1. The first-order chi connectivity index (χ1) is 14.0. The molecule has 3 heterocycles. The van der Waals surface area contributed by atoms with Crippen molar-refractivity contribution < 1.29 is 14.4 Å². The maximum Gasteiger partial charge on any atom is 0.290 e. The van der Waals surface area contributed by atoms with Gasteiger partial charge >= 0.3 is 0 Å². The lowest BCUT2D eigenvalue weighted by atomic mass is 10.1. The van der Waals surface area contributed by atoms with Crippen LogP contribution in [0.15, 0.2) is 46.8 Å². The van der Waals surface area contributed by atoms with Gasteiger partial charge in [0.25, 0.3) is 11.1 Å². The fraction of sp³-hybridized carbons (Fsp3) is 0.190. The number of nitrogens with zero attached hydrogens (tertiary/aromatic N) is 1. The number of nitrogens with one attached hydrogen (secondary N) is 2. The summed E-state index contributed by atoms with van der Waals surface area (Å²) in [6.45, 7) is 2.76. The van der Waals surface area contributed by atoms with Crippen LogP contribution in [0.5, 0.6) is 0 Å². The van der Waals surface area contributed by atoms with Crippen molar-refractivity contribution in [2.24, 2.45) is 0 Å². The Morgan fingerprint density at radius 3 is 2.79 bits per heavy atom. The molecule has 1 aliphatic rings. The van der Waals surface area contributed by atoms with E-state index < -0.39 is 0 Å². The highest BCUT2D eigenvalue weighted by atomic mass is 32.2. The highest BCUT2D eigenvalue weighted by Crippen LogP contribution is 2.31. The number of imide groups is 1. The Hall–Kier alpha value is -2.84. The molecule has 1 aliphatic heterocycles. The molecule has 3 amide bonds. The van der Waals surface area contributed by atoms with Crippen molar-refractivity contribution in [1.29, 1.82) is 0 Å². The van der Waals surface area contributed by atoms with Crippen LogP contribution in [-0.4, -0.2) is 21.6 Å². The third-order valence-electron chi connectivity index (χ3n) is 4.68. The fourth-order valence-corrected chi connectivity index (χ4v) is 4.68. The Bertz CT molecular complexity index is 1130. The fourth-order valence-electron chi connectivity index (χ4n) is 3.36. The topological polar surface area (TPSA) is 80.2 Å². The van der Waals surface area contributed by atoms with Gasteiger partial charge in [-0.05, 0) is 41.3 Å². The second-order valence-electron chi connectivity index (χ2n) is 6.59. The molecule has 8 heteroatoms. The van der Waals surface area contributed by atoms with E-state index >= 15 is 0 Å². The largest absolute Gasteiger partial charge is 0.350 e. The molecule has 0 radical (unpaired) electrons. The average molecular weight is 426 g/mol. The van der Waals surface area contributed by atoms with Gasteiger partial charge in [0.05, 0.1) is 17.0 Å². The number of hydrogen-bond acceptors (Lipinski definition) is 5. The van der Waals surface area contributed by atoms with E-state index in [1.165, 1.54) is 0 Å². The number of aryl methyl sites for hydroxylation is 1. The Morgan fingerprint density at radius 1 is 1.24 bits per heavy atom. The quantitative estimate of drug-likeness (QED) is 0.587.